The first-order valence-electron chi connectivity index (χ1n) is 12.5. The van der Waals surface area contributed by atoms with Crippen LogP contribution in [-0.4, -0.2) is 41.0 Å². The Morgan fingerprint density at radius 2 is 1.05 bits per heavy atom. The molecule has 0 unspecified atom stereocenters. The largest absolute Gasteiger partial charge is 0.478 e. The molecule has 10 nitrogen and oxygen atoms in total. The molecule has 0 amide bonds. The van der Waals surface area contributed by atoms with Crippen LogP contribution in [0.1, 0.15) is 11.1 Å². The Hall–Kier alpha value is -5.20. The summed E-state index contributed by atoms with van der Waals surface area (Å²) < 4.78 is 58.6. The standard InChI is InChI=1S/C16H15NO4S.C15H13NO4S/c1-21-16(18)11-10-13-6-5-9-15(12-13)22(19,20)17-14-7-3-2-4-8-14;17-15(18)10-9-12-5-4-8-14(11-12)21(19,20)16-13-6-2-1-3-7-13/h2-12,17H,1H3;1-11,16H,(H,17,18)/b11-10+;10-9+. The fourth-order valence-electron chi connectivity index (χ4n) is 3.41. The van der Waals surface area contributed by atoms with Gasteiger partial charge in [0.15, 0.2) is 0 Å². The number of aliphatic carboxylic acids is 1. The van der Waals surface area contributed by atoms with E-state index < -0.39 is 32.0 Å². The molecular weight excluding hydrogens is 592 g/mol. The van der Waals surface area contributed by atoms with Gasteiger partial charge in [-0.2, -0.15) is 0 Å². The molecular formula is C31H28N2O8S2. The first-order valence-corrected chi connectivity index (χ1v) is 15.5. The SMILES string of the molecule is COC(=O)/C=C/c1cccc(S(=O)(=O)Nc2ccccc2)c1.O=C(O)/C=C/c1cccc(S(=O)(=O)Nc2ccccc2)c1. The van der Waals surface area contributed by atoms with Crippen LogP contribution in [0.5, 0.6) is 0 Å². The molecule has 43 heavy (non-hydrogen) atoms. The quantitative estimate of drug-likeness (QED) is 0.160. The number of carboxylic acids is 1. The Morgan fingerprint density at radius 1 is 0.628 bits per heavy atom. The number of ether oxygens (including phenoxy) is 1. The van der Waals surface area contributed by atoms with Crippen LogP contribution < -0.4 is 9.44 Å². The number of carbonyl (C=O) groups excluding carboxylic acids is 1. The Kier molecular flexibility index (Phi) is 11.4. The number of nitrogens with one attached hydrogen (secondary N) is 2. The summed E-state index contributed by atoms with van der Waals surface area (Å²) in [5.41, 5.74) is 2.02. The van der Waals surface area contributed by atoms with Crippen LogP contribution >= 0.6 is 0 Å². The van der Waals surface area contributed by atoms with Crippen LogP contribution in [0.15, 0.2) is 131 Å². The number of carboxylic acid groups (broad SMARTS) is 1. The maximum absolute atomic E-state index is 12.3. The molecule has 0 aliphatic rings. The van der Waals surface area contributed by atoms with Gasteiger partial charge < -0.3 is 9.84 Å². The van der Waals surface area contributed by atoms with E-state index in [1.165, 1.54) is 49.6 Å². The number of hydrogen-bond acceptors (Lipinski definition) is 7. The van der Waals surface area contributed by atoms with Crippen LogP contribution in [0.3, 0.4) is 0 Å². The minimum Gasteiger partial charge on any atom is -0.478 e. The molecule has 0 aliphatic heterocycles. The predicted octanol–water partition coefficient (Wildman–Crippen LogP) is 5.26. The van der Waals surface area contributed by atoms with Crippen molar-refractivity contribution >= 4 is 55.5 Å². The molecule has 222 valence electrons. The summed E-state index contributed by atoms with van der Waals surface area (Å²) in [5, 5.41) is 8.58. The van der Waals surface area contributed by atoms with Crippen molar-refractivity contribution in [2.75, 3.05) is 16.6 Å². The summed E-state index contributed by atoms with van der Waals surface area (Å²) in [5.74, 6) is -1.60. The highest BCUT2D eigenvalue weighted by Crippen LogP contribution is 2.19. The van der Waals surface area contributed by atoms with E-state index in [2.05, 4.69) is 14.2 Å². The van der Waals surface area contributed by atoms with Crippen LogP contribution in [0.2, 0.25) is 0 Å². The maximum Gasteiger partial charge on any atom is 0.330 e. The number of hydrogen-bond donors (Lipinski definition) is 3. The zero-order chi connectivity index (χ0) is 31.3. The second-order valence-electron chi connectivity index (χ2n) is 8.62. The van der Waals surface area contributed by atoms with Crippen LogP contribution in [0.25, 0.3) is 12.2 Å². The van der Waals surface area contributed by atoms with Crippen molar-refractivity contribution in [3.05, 3.63) is 132 Å². The molecule has 0 atom stereocenters. The molecule has 0 saturated heterocycles. The minimum absolute atomic E-state index is 0.0684. The molecule has 12 heteroatoms. The van der Waals surface area contributed by atoms with Gasteiger partial charge in [-0.1, -0.05) is 60.7 Å². The zero-order valence-corrected chi connectivity index (χ0v) is 24.5. The highest BCUT2D eigenvalue weighted by molar-refractivity contribution is 7.93. The van der Waals surface area contributed by atoms with Crippen molar-refractivity contribution in [1.82, 2.24) is 0 Å². The van der Waals surface area contributed by atoms with Crippen LogP contribution in [-0.2, 0) is 34.4 Å². The topological polar surface area (TPSA) is 156 Å². The first-order chi connectivity index (χ1) is 20.5. The monoisotopic (exact) mass is 620 g/mol. The minimum atomic E-state index is -3.71. The highest BCUT2D eigenvalue weighted by Gasteiger charge is 2.15. The van der Waals surface area contributed by atoms with Gasteiger partial charge in [-0.15, -0.1) is 0 Å². The molecule has 4 aromatic carbocycles. The van der Waals surface area contributed by atoms with Crippen molar-refractivity contribution in [1.29, 1.82) is 0 Å². The van der Waals surface area contributed by atoms with Crippen molar-refractivity contribution in [2.24, 2.45) is 0 Å². The lowest BCUT2D eigenvalue weighted by atomic mass is 10.2. The molecule has 0 spiro atoms. The van der Waals surface area contributed by atoms with Crippen LogP contribution in [0, 0.1) is 0 Å². The average molecular weight is 621 g/mol. The van der Waals surface area contributed by atoms with E-state index in [0.717, 1.165) is 6.08 Å². The first kappa shape index (κ1) is 32.3. The summed E-state index contributed by atoms with van der Waals surface area (Å²) in [4.78, 5) is 21.7. The van der Waals surface area contributed by atoms with E-state index in [4.69, 9.17) is 5.11 Å². The van der Waals surface area contributed by atoms with Gasteiger partial charge in [-0.3, -0.25) is 9.44 Å². The van der Waals surface area contributed by atoms with Gasteiger partial charge in [0.1, 0.15) is 0 Å². The number of benzene rings is 4. The highest BCUT2D eigenvalue weighted by atomic mass is 32.2. The fraction of sp³-hybridized carbons (Fsp3) is 0.0323. The van der Waals surface area contributed by atoms with Crippen molar-refractivity contribution in [3.8, 4) is 0 Å². The van der Waals surface area contributed by atoms with Gasteiger partial charge >= 0.3 is 11.9 Å². The van der Waals surface area contributed by atoms with E-state index in [1.54, 1.807) is 84.9 Å². The molecule has 0 saturated carbocycles. The molecule has 0 aromatic heterocycles. The van der Waals surface area contributed by atoms with Crippen molar-refractivity contribution < 1.29 is 36.3 Å². The third-order valence-corrected chi connectivity index (χ3v) is 8.18. The average Bonchev–Trinajstić information content (AvgIpc) is 3.00. The number of esters is 1. The summed E-state index contributed by atoms with van der Waals surface area (Å²) in [6.45, 7) is 0. The molecule has 0 aliphatic carbocycles. The maximum atomic E-state index is 12.3. The smallest absolute Gasteiger partial charge is 0.330 e. The van der Waals surface area contributed by atoms with Gasteiger partial charge in [0, 0.05) is 23.5 Å². The van der Waals surface area contributed by atoms with Gasteiger partial charge in [-0.05, 0) is 71.8 Å². The molecule has 4 aromatic rings. The Balaban J connectivity index is 0.000000236. The Morgan fingerprint density at radius 3 is 1.44 bits per heavy atom. The van der Waals surface area contributed by atoms with E-state index in [9.17, 15) is 26.4 Å². The second kappa shape index (κ2) is 15.1. The number of carbonyl (C=O) groups is 2. The van der Waals surface area contributed by atoms with Crippen molar-refractivity contribution in [3.63, 3.8) is 0 Å². The lowest BCUT2D eigenvalue weighted by Crippen LogP contribution is -2.12. The van der Waals surface area contributed by atoms with Gasteiger partial charge in [0.2, 0.25) is 0 Å². The third-order valence-electron chi connectivity index (χ3n) is 5.42. The summed E-state index contributed by atoms with van der Waals surface area (Å²) in [6, 6.07) is 29.5. The number of methoxy groups -OCH3 is 1. The summed E-state index contributed by atoms with van der Waals surface area (Å²) in [6.07, 6.45) is 5.02. The zero-order valence-electron chi connectivity index (χ0n) is 22.8. The molecule has 0 fully saturated rings. The number of anilines is 2. The predicted molar refractivity (Wildman–Crippen MR) is 165 cm³/mol. The van der Waals surface area contributed by atoms with Gasteiger partial charge in [-0.25, -0.2) is 26.4 Å². The number of sulfonamides is 2. The van der Waals surface area contributed by atoms with E-state index in [-0.39, 0.29) is 9.79 Å². The van der Waals surface area contributed by atoms with E-state index >= 15 is 0 Å². The number of rotatable bonds is 10. The van der Waals surface area contributed by atoms with E-state index in [0.29, 0.717) is 22.5 Å². The van der Waals surface area contributed by atoms with Gasteiger partial charge in [0.25, 0.3) is 20.0 Å². The third kappa shape index (κ3) is 10.6. The molecule has 0 heterocycles. The second-order valence-corrected chi connectivity index (χ2v) is 12.0. The van der Waals surface area contributed by atoms with Crippen molar-refractivity contribution in [2.45, 2.75) is 9.79 Å². The lowest BCUT2D eigenvalue weighted by Gasteiger charge is -2.08. The van der Waals surface area contributed by atoms with Gasteiger partial charge in [0.05, 0.1) is 16.9 Å². The summed E-state index contributed by atoms with van der Waals surface area (Å²) in [7, 11) is -6.11. The normalized spacial score (nSPS) is 11.4. The Bertz CT molecular complexity index is 1820. The Labute approximate surface area is 250 Å². The molecule has 4 rings (SSSR count). The summed E-state index contributed by atoms with van der Waals surface area (Å²) >= 11 is 0. The molecule has 3 N–H and O–H groups in total. The van der Waals surface area contributed by atoms with Crippen LogP contribution in [0.4, 0.5) is 11.4 Å². The number of para-hydroxylation sites is 2. The fourth-order valence-corrected chi connectivity index (χ4v) is 5.64. The molecule has 0 bridgehead atoms. The lowest BCUT2D eigenvalue weighted by molar-refractivity contribution is -0.135. The van der Waals surface area contributed by atoms with E-state index in [1.807, 2.05) is 0 Å². The molecule has 0 radical (unpaired) electrons.